The minimum atomic E-state index is -0.0480. The smallest absolute Gasteiger partial charge is 0.223 e. The van der Waals surface area contributed by atoms with Crippen LogP contribution in [0.4, 0.5) is 0 Å². The van der Waals surface area contributed by atoms with Crippen molar-refractivity contribution in [3.05, 3.63) is 59.7 Å². The Bertz CT molecular complexity index is 872. The van der Waals surface area contributed by atoms with Gasteiger partial charge in [-0.25, -0.2) is 0 Å². The first-order valence-electron chi connectivity index (χ1n) is 10.4. The molecule has 5 heteroatoms. The maximum absolute atomic E-state index is 12.9. The summed E-state index contributed by atoms with van der Waals surface area (Å²) in [7, 11) is 0. The van der Waals surface area contributed by atoms with Crippen LogP contribution in [0.15, 0.2) is 48.5 Å². The van der Waals surface area contributed by atoms with Crippen molar-refractivity contribution in [2.24, 2.45) is 5.92 Å². The van der Waals surface area contributed by atoms with Gasteiger partial charge in [-0.05, 0) is 42.5 Å². The van der Waals surface area contributed by atoms with Crippen molar-refractivity contribution >= 4 is 11.7 Å². The molecule has 29 heavy (non-hydrogen) atoms. The third kappa shape index (κ3) is 4.44. The van der Waals surface area contributed by atoms with Crippen LogP contribution in [0.5, 0.6) is 11.5 Å². The number of nitrogens with zero attached hydrogens (tertiary/aromatic N) is 1. The Balaban J connectivity index is 1.32. The predicted molar refractivity (Wildman–Crippen MR) is 111 cm³/mol. The van der Waals surface area contributed by atoms with Crippen LogP contribution in [0, 0.1) is 5.92 Å². The summed E-state index contributed by atoms with van der Waals surface area (Å²) in [6, 6.07) is 15.5. The number of amides is 1. The van der Waals surface area contributed by atoms with E-state index in [1.165, 1.54) is 5.56 Å². The van der Waals surface area contributed by atoms with Gasteiger partial charge in [-0.3, -0.25) is 9.59 Å². The number of carbonyl (C=O) groups is 2. The van der Waals surface area contributed by atoms with Crippen molar-refractivity contribution in [1.82, 2.24) is 4.90 Å². The van der Waals surface area contributed by atoms with Crippen LogP contribution in [-0.2, 0) is 4.79 Å². The lowest BCUT2D eigenvalue weighted by Crippen LogP contribution is -2.40. The zero-order valence-electron chi connectivity index (χ0n) is 16.8. The first-order valence-corrected chi connectivity index (χ1v) is 10.4. The standard InChI is InChI=1S/C24H27NO4/c1-17(18-5-3-2-4-6-18)15-23(26)25-11-9-19(10-12-25)24(27)20-7-8-21-22(16-20)29-14-13-28-21/h2-8,16-17,19H,9-15H2,1H3. The maximum atomic E-state index is 12.9. The van der Waals surface area contributed by atoms with E-state index in [4.69, 9.17) is 9.47 Å². The van der Waals surface area contributed by atoms with Gasteiger partial charge in [-0.15, -0.1) is 0 Å². The lowest BCUT2D eigenvalue weighted by atomic mass is 9.88. The normalized spacial score (nSPS) is 17.6. The largest absolute Gasteiger partial charge is 0.486 e. The van der Waals surface area contributed by atoms with Gasteiger partial charge in [0.15, 0.2) is 17.3 Å². The number of benzene rings is 2. The summed E-state index contributed by atoms with van der Waals surface area (Å²) in [4.78, 5) is 27.5. The molecule has 0 bridgehead atoms. The van der Waals surface area contributed by atoms with E-state index in [0.29, 0.717) is 62.6 Å². The highest BCUT2D eigenvalue weighted by molar-refractivity contribution is 5.98. The average molecular weight is 393 g/mol. The summed E-state index contributed by atoms with van der Waals surface area (Å²) in [6.07, 6.45) is 1.92. The number of rotatable bonds is 5. The summed E-state index contributed by atoms with van der Waals surface area (Å²) in [5, 5.41) is 0. The summed E-state index contributed by atoms with van der Waals surface area (Å²) >= 11 is 0. The second-order valence-electron chi connectivity index (χ2n) is 7.89. The quantitative estimate of drug-likeness (QED) is 0.719. The number of Topliss-reactive ketones (excluding diaryl/α,β-unsaturated/α-hetero) is 1. The number of ketones is 1. The highest BCUT2D eigenvalue weighted by atomic mass is 16.6. The molecule has 5 nitrogen and oxygen atoms in total. The molecule has 1 unspecified atom stereocenters. The second-order valence-corrected chi connectivity index (χ2v) is 7.89. The van der Waals surface area contributed by atoms with Gasteiger partial charge in [0.05, 0.1) is 0 Å². The maximum Gasteiger partial charge on any atom is 0.223 e. The molecule has 0 N–H and O–H groups in total. The Kier molecular flexibility index (Phi) is 5.84. The molecule has 0 radical (unpaired) electrons. The van der Waals surface area contributed by atoms with Gasteiger partial charge in [0, 0.05) is 31.0 Å². The molecular weight excluding hydrogens is 366 g/mol. The summed E-state index contributed by atoms with van der Waals surface area (Å²) in [6.45, 7) is 4.41. The minimum absolute atomic E-state index is 0.0480. The molecule has 0 aromatic heterocycles. The molecular formula is C24H27NO4. The highest BCUT2D eigenvalue weighted by Gasteiger charge is 2.29. The van der Waals surface area contributed by atoms with Crippen LogP contribution in [0.25, 0.3) is 0 Å². The molecule has 2 aliphatic rings. The van der Waals surface area contributed by atoms with Crippen molar-refractivity contribution in [3.63, 3.8) is 0 Å². The molecule has 0 aliphatic carbocycles. The number of carbonyl (C=O) groups excluding carboxylic acids is 2. The molecule has 0 spiro atoms. The van der Waals surface area contributed by atoms with Crippen LogP contribution >= 0.6 is 0 Å². The van der Waals surface area contributed by atoms with Crippen LogP contribution in [0.1, 0.15) is 48.0 Å². The van der Waals surface area contributed by atoms with Gasteiger partial charge >= 0.3 is 0 Å². The lowest BCUT2D eigenvalue weighted by molar-refractivity contribution is -0.132. The Morgan fingerprint density at radius 2 is 1.69 bits per heavy atom. The monoisotopic (exact) mass is 393 g/mol. The summed E-state index contributed by atoms with van der Waals surface area (Å²) in [5.74, 6) is 1.79. The molecule has 1 fully saturated rings. The van der Waals surface area contributed by atoms with Crippen molar-refractivity contribution in [3.8, 4) is 11.5 Å². The molecule has 2 aromatic rings. The van der Waals surface area contributed by atoms with E-state index in [9.17, 15) is 9.59 Å². The number of fused-ring (bicyclic) bond motifs is 1. The first kappa shape index (κ1) is 19.5. The van der Waals surface area contributed by atoms with Crippen molar-refractivity contribution in [2.45, 2.75) is 32.1 Å². The summed E-state index contributed by atoms with van der Waals surface area (Å²) in [5.41, 5.74) is 1.85. The molecule has 1 amide bonds. The van der Waals surface area contributed by atoms with E-state index in [1.54, 1.807) is 6.07 Å². The van der Waals surface area contributed by atoms with Crippen molar-refractivity contribution < 1.29 is 19.1 Å². The van der Waals surface area contributed by atoms with Crippen LogP contribution in [0.3, 0.4) is 0 Å². The van der Waals surface area contributed by atoms with Crippen LogP contribution in [0.2, 0.25) is 0 Å². The number of hydrogen-bond acceptors (Lipinski definition) is 4. The number of piperidine rings is 1. The molecule has 152 valence electrons. The molecule has 2 aliphatic heterocycles. The molecule has 2 heterocycles. The molecule has 4 rings (SSSR count). The summed E-state index contributed by atoms with van der Waals surface area (Å²) < 4.78 is 11.1. The second kappa shape index (κ2) is 8.68. The molecule has 2 aromatic carbocycles. The van der Waals surface area contributed by atoms with E-state index < -0.39 is 0 Å². The highest BCUT2D eigenvalue weighted by Crippen LogP contribution is 2.33. The van der Waals surface area contributed by atoms with Gasteiger partial charge in [-0.1, -0.05) is 37.3 Å². The topological polar surface area (TPSA) is 55.8 Å². The van der Waals surface area contributed by atoms with E-state index >= 15 is 0 Å². The van der Waals surface area contributed by atoms with Gasteiger partial charge in [-0.2, -0.15) is 0 Å². The molecule has 0 saturated carbocycles. The van der Waals surface area contributed by atoms with Gasteiger partial charge in [0.1, 0.15) is 13.2 Å². The van der Waals surface area contributed by atoms with Gasteiger partial charge < -0.3 is 14.4 Å². The number of likely N-dealkylation sites (tertiary alicyclic amines) is 1. The lowest BCUT2D eigenvalue weighted by Gasteiger charge is -2.32. The Labute approximate surface area is 171 Å². The molecule has 1 atom stereocenters. The first-order chi connectivity index (χ1) is 14.1. The fourth-order valence-corrected chi connectivity index (χ4v) is 4.11. The van der Waals surface area contributed by atoms with Gasteiger partial charge in [0.25, 0.3) is 0 Å². The fraction of sp³-hybridized carbons (Fsp3) is 0.417. The zero-order valence-corrected chi connectivity index (χ0v) is 16.8. The number of hydrogen-bond donors (Lipinski definition) is 0. The van der Waals surface area contributed by atoms with Crippen molar-refractivity contribution in [1.29, 1.82) is 0 Å². The van der Waals surface area contributed by atoms with E-state index in [1.807, 2.05) is 35.2 Å². The van der Waals surface area contributed by atoms with E-state index in [2.05, 4.69) is 19.1 Å². The Morgan fingerprint density at radius 3 is 2.41 bits per heavy atom. The number of ether oxygens (including phenoxy) is 2. The average Bonchev–Trinajstić information content (AvgIpc) is 2.79. The third-order valence-electron chi connectivity index (χ3n) is 5.89. The van der Waals surface area contributed by atoms with E-state index in [0.717, 1.165) is 0 Å². The van der Waals surface area contributed by atoms with Crippen molar-refractivity contribution in [2.75, 3.05) is 26.3 Å². The third-order valence-corrected chi connectivity index (χ3v) is 5.89. The Morgan fingerprint density at radius 1 is 1.00 bits per heavy atom. The van der Waals surface area contributed by atoms with Gasteiger partial charge in [0.2, 0.25) is 5.91 Å². The predicted octanol–water partition coefficient (Wildman–Crippen LogP) is 4.07. The SMILES string of the molecule is CC(CC(=O)N1CCC(C(=O)c2ccc3c(c2)OCCO3)CC1)c1ccccc1. The zero-order chi connectivity index (χ0) is 20.2. The minimum Gasteiger partial charge on any atom is -0.486 e. The molecule has 1 saturated heterocycles. The Hall–Kier alpha value is -2.82. The van der Waals surface area contributed by atoms with E-state index in [-0.39, 0.29) is 23.5 Å². The van der Waals surface area contributed by atoms with Crippen LogP contribution < -0.4 is 9.47 Å². The fourth-order valence-electron chi connectivity index (χ4n) is 4.11. The van der Waals surface area contributed by atoms with Crippen LogP contribution in [-0.4, -0.2) is 42.9 Å².